The van der Waals surface area contributed by atoms with E-state index in [1.54, 1.807) is 18.5 Å². The van der Waals surface area contributed by atoms with E-state index in [4.69, 9.17) is 16.1 Å². The Labute approximate surface area is 78.8 Å². The maximum absolute atomic E-state index is 5.49. The highest BCUT2D eigenvalue weighted by Crippen LogP contribution is 2.09. The highest BCUT2D eigenvalue weighted by atomic mass is 35.5. The first-order valence-electron chi connectivity index (χ1n) is 3.56. The van der Waals surface area contributed by atoms with Gasteiger partial charge in [-0.2, -0.15) is 4.98 Å². The molecule has 0 bridgehead atoms. The normalized spacial score (nSPS) is 10.2. The third-order valence-electron chi connectivity index (χ3n) is 1.35. The second kappa shape index (κ2) is 3.49. The molecule has 0 amide bonds. The number of nitrogens with zero attached hydrogens (tertiary/aromatic N) is 4. The molecule has 13 heavy (non-hydrogen) atoms. The highest BCUT2D eigenvalue weighted by Gasteiger charge is 2.08. The monoisotopic (exact) mass is 196 g/mol. The van der Waals surface area contributed by atoms with Crippen LogP contribution >= 0.6 is 11.6 Å². The van der Waals surface area contributed by atoms with Gasteiger partial charge in [-0.3, -0.25) is 0 Å². The zero-order valence-corrected chi connectivity index (χ0v) is 7.27. The summed E-state index contributed by atoms with van der Waals surface area (Å²) in [5, 5.41) is 3.66. The van der Waals surface area contributed by atoms with E-state index in [9.17, 15) is 0 Å². The lowest BCUT2D eigenvalue weighted by molar-refractivity contribution is 0.390. The Morgan fingerprint density at radius 2 is 2.00 bits per heavy atom. The van der Waals surface area contributed by atoms with Crippen LogP contribution < -0.4 is 0 Å². The van der Waals surface area contributed by atoms with Crippen molar-refractivity contribution >= 4 is 11.6 Å². The summed E-state index contributed by atoms with van der Waals surface area (Å²) in [7, 11) is 0. The fourth-order valence-electron chi connectivity index (χ4n) is 0.815. The summed E-state index contributed by atoms with van der Waals surface area (Å²) in [5.74, 6) is 1.35. The highest BCUT2D eigenvalue weighted by molar-refractivity contribution is 6.16. The lowest BCUT2D eigenvalue weighted by Gasteiger charge is -1.87. The molecule has 0 aliphatic rings. The van der Waals surface area contributed by atoms with Crippen LogP contribution in [0.3, 0.4) is 0 Å². The van der Waals surface area contributed by atoms with Crippen LogP contribution in [0.2, 0.25) is 0 Å². The third kappa shape index (κ3) is 1.65. The molecule has 0 aromatic carbocycles. The molecule has 5 nitrogen and oxygen atoms in total. The van der Waals surface area contributed by atoms with E-state index in [-0.39, 0.29) is 5.88 Å². The van der Waals surface area contributed by atoms with Gasteiger partial charge in [0.05, 0.1) is 0 Å². The van der Waals surface area contributed by atoms with E-state index in [0.717, 1.165) is 0 Å². The Hall–Kier alpha value is -1.49. The van der Waals surface area contributed by atoms with Gasteiger partial charge >= 0.3 is 0 Å². The topological polar surface area (TPSA) is 64.7 Å². The third-order valence-corrected chi connectivity index (χ3v) is 1.58. The second-order valence-electron chi connectivity index (χ2n) is 2.22. The molecule has 2 rings (SSSR count). The zero-order chi connectivity index (χ0) is 9.10. The molecular formula is C7H5ClN4O. The van der Waals surface area contributed by atoms with Crippen molar-refractivity contribution in [2.75, 3.05) is 0 Å². The summed E-state index contributed by atoms with van der Waals surface area (Å²) >= 11 is 5.49. The van der Waals surface area contributed by atoms with E-state index >= 15 is 0 Å². The summed E-state index contributed by atoms with van der Waals surface area (Å²) < 4.78 is 4.80. The first kappa shape index (κ1) is 8.12. The minimum absolute atomic E-state index is 0.194. The first-order valence-corrected chi connectivity index (χ1v) is 4.09. The van der Waals surface area contributed by atoms with Crippen LogP contribution in [0.5, 0.6) is 0 Å². The predicted molar refractivity (Wildman–Crippen MR) is 44.9 cm³/mol. The van der Waals surface area contributed by atoms with Gasteiger partial charge in [0.1, 0.15) is 5.88 Å². The lowest BCUT2D eigenvalue weighted by atomic mass is 10.5. The molecule has 6 heteroatoms. The van der Waals surface area contributed by atoms with Gasteiger partial charge in [0.2, 0.25) is 17.5 Å². The Balaban J connectivity index is 2.36. The average Bonchev–Trinajstić information content (AvgIpc) is 2.67. The Bertz CT molecular complexity index is 388. The minimum atomic E-state index is 0.194. The number of alkyl halides is 1. The van der Waals surface area contributed by atoms with Crippen molar-refractivity contribution in [2.45, 2.75) is 5.88 Å². The minimum Gasteiger partial charge on any atom is -0.338 e. The van der Waals surface area contributed by atoms with E-state index < -0.39 is 0 Å². The van der Waals surface area contributed by atoms with Gasteiger partial charge in [0, 0.05) is 12.4 Å². The molecular weight excluding hydrogens is 192 g/mol. The van der Waals surface area contributed by atoms with Crippen LogP contribution in [0.4, 0.5) is 0 Å². The Morgan fingerprint density at radius 3 is 2.62 bits per heavy atom. The van der Waals surface area contributed by atoms with Crippen molar-refractivity contribution in [3.63, 3.8) is 0 Å². The van der Waals surface area contributed by atoms with Crippen LogP contribution in [0.25, 0.3) is 11.6 Å². The van der Waals surface area contributed by atoms with Crippen molar-refractivity contribution in [2.24, 2.45) is 0 Å². The average molecular weight is 197 g/mol. The van der Waals surface area contributed by atoms with Gasteiger partial charge in [-0.25, -0.2) is 9.97 Å². The SMILES string of the molecule is ClCc1nc(-c2ncccn2)no1. The van der Waals surface area contributed by atoms with Gasteiger partial charge in [0.15, 0.2) is 0 Å². The fourth-order valence-corrected chi connectivity index (χ4v) is 0.923. The van der Waals surface area contributed by atoms with Gasteiger partial charge in [-0.05, 0) is 6.07 Å². The van der Waals surface area contributed by atoms with Gasteiger partial charge in [-0.1, -0.05) is 5.16 Å². The van der Waals surface area contributed by atoms with E-state index in [1.807, 2.05) is 0 Å². The van der Waals surface area contributed by atoms with E-state index in [1.165, 1.54) is 0 Å². The molecule has 0 aliphatic carbocycles. The van der Waals surface area contributed by atoms with Crippen molar-refractivity contribution in [1.82, 2.24) is 20.1 Å². The zero-order valence-electron chi connectivity index (χ0n) is 6.51. The Morgan fingerprint density at radius 1 is 1.23 bits per heavy atom. The quantitative estimate of drug-likeness (QED) is 0.677. The fraction of sp³-hybridized carbons (Fsp3) is 0.143. The van der Waals surface area contributed by atoms with Crippen molar-refractivity contribution in [1.29, 1.82) is 0 Å². The number of aromatic nitrogens is 4. The Kier molecular flexibility index (Phi) is 2.18. The van der Waals surface area contributed by atoms with E-state index in [2.05, 4.69) is 20.1 Å². The molecule has 0 unspecified atom stereocenters. The first-order chi connectivity index (χ1) is 6.40. The van der Waals surface area contributed by atoms with Crippen molar-refractivity contribution in [3.8, 4) is 11.6 Å². The van der Waals surface area contributed by atoms with Crippen LogP contribution in [-0.4, -0.2) is 20.1 Å². The summed E-state index contributed by atoms with van der Waals surface area (Å²) in [6.07, 6.45) is 3.22. The van der Waals surface area contributed by atoms with Crippen molar-refractivity contribution in [3.05, 3.63) is 24.4 Å². The van der Waals surface area contributed by atoms with Gasteiger partial charge in [0.25, 0.3) is 0 Å². The standard InChI is InChI=1S/C7H5ClN4O/c8-4-5-11-7(12-13-5)6-9-2-1-3-10-6/h1-3H,4H2. The molecule has 0 atom stereocenters. The van der Waals surface area contributed by atoms with Crippen LogP contribution in [0.1, 0.15) is 5.89 Å². The molecule has 0 spiro atoms. The molecule has 2 aromatic heterocycles. The number of hydrogen-bond donors (Lipinski definition) is 0. The molecule has 2 aromatic rings. The molecule has 2 heterocycles. The molecule has 0 fully saturated rings. The number of halogens is 1. The summed E-state index contributed by atoms with van der Waals surface area (Å²) in [6, 6.07) is 1.71. The summed E-state index contributed by atoms with van der Waals surface area (Å²) in [6.45, 7) is 0. The molecule has 0 radical (unpaired) electrons. The summed E-state index contributed by atoms with van der Waals surface area (Å²) in [4.78, 5) is 11.9. The summed E-state index contributed by atoms with van der Waals surface area (Å²) in [5.41, 5.74) is 0. The number of rotatable bonds is 2. The molecule has 0 saturated carbocycles. The lowest BCUT2D eigenvalue weighted by Crippen LogP contribution is -1.88. The largest absolute Gasteiger partial charge is 0.338 e. The van der Waals surface area contributed by atoms with E-state index in [0.29, 0.717) is 17.5 Å². The van der Waals surface area contributed by atoms with Gasteiger partial charge < -0.3 is 4.52 Å². The smallest absolute Gasteiger partial charge is 0.241 e. The molecule has 0 saturated heterocycles. The number of hydrogen-bond acceptors (Lipinski definition) is 5. The molecule has 66 valence electrons. The predicted octanol–water partition coefficient (Wildman–Crippen LogP) is 1.27. The van der Waals surface area contributed by atoms with Crippen molar-refractivity contribution < 1.29 is 4.52 Å². The second-order valence-corrected chi connectivity index (χ2v) is 2.49. The van der Waals surface area contributed by atoms with Crippen LogP contribution in [0, 0.1) is 0 Å². The maximum Gasteiger partial charge on any atom is 0.241 e. The molecule has 0 aliphatic heterocycles. The van der Waals surface area contributed by atoms with Gasteiger partial charge in [-0.15, -0.1) is 11.6 Å². The maximum atomic E-state index is 5.49. The molecule has 0 N–H and O–H groups in total. The van der Waals surface area contributed by atoms with Crippen LogP contribution in [-0.2, 0) is 5.88 Å². The van der Waals surface area contributed by atoms with Crippen LogP contribution in [0.15, 0.2) is 23.0 Å².